The highest BCUT2D eigenvalue weighted by Crippen LogP contribution is 2.35. The van der Waals surface area contributed by atoms with Gasteiger partial charge in [-0.05, 0) is 89.6 Å². The van der Waals surface area contributed by atoms with Crippen LogP contribution in [-0.4, -0.2) is 36.8 Å². The lowest BCUT2D eigenvalue weighted by atomic mass is 10.2. The van der Waals surface area contributed by atoms with E-state index in [1.54, 1.807) is 31.5 Å². The lowest BCUT2D eigenvalue weighted by molar-refractivity contribution is 0.112. The maximum Gasteiger partial charge on any atom is 0.252 e. The normalized spacial score (nSPS) is 10.7. The molecule has 0 aliphatic rings. The Labute approximate surface area is 300 Å². The fraction of sp³-hybridized carbons (Fsp3) is 0.282. The van der Waals surface area contributed by atoms with Gasteiger partial charge in [0.25, 0.3) is 5.56 Å². The summed E-state index contributed by atoms with van der Waals surface area (Å²) in [6.07, 6.45) is 5.66. The van der Waals surface area contributed by atoms with Gasteiger partial charge in [-0.1, -0.05) is 66.2 Å². The summed E-state index contributed by atoms with van der Waals surface area (Å²) >= 11 is 11.8. The van der Waals surface area contributed by atoms with Gasteiger partial charge in [-0.25, -0.2) is 0 Å². The highest BCUT2D eigenvalue weighted by molar-refractivity contribution is 6.32. The van der Waals surface area contributed by atoms with Crippen LogP contribution in [0.5, 0.6) is 11.5 Å². The van der Waals surface area contributed by atoms with Crippen LogP contribution >= 0.6 is 23.2 Å². The molecule has 3 aromatic carbocycles. The number of aldehydes is 1. The Morgan fingerprint density at radius 3 is 1.98 bits per heavy atom. The van der Waals surface area contributed by atoms with Crippen molar-refractivity contribution in [3.63, 3.8) is 0 Å². The van der Waals surface area contributed by atoms with Crippen molar-refractivity contribution in [2.24, 2.45) is 0 Å². The van der Waals surface area contributed by atoms with Gasteiger partial charge in [-0.15, -0.1) is 0 Å². The van der Waals surface area contributed by atoms with Crippen LogP contribution in [0, 0.1) is 0 Å². The molecule has 0 unspecified atom stereocenters. The zero-order valence-electron chi connectivity index (χ0n) is 29.3. The number of carbonyl (C=O) groups excluding carboxylic acids is 1. The molecule has 0 bridgehead atoms. The van der Waals surface area contributed by atoms with Crippen LogP contribution in [0.4, 0.5) is 22.7 Å². The Balaban J connectivity index is 0.000000730. The standard InChI is InChI=1S/C31H32ClN3O4.C5H7Cl.C3H8O/c1-20(2)38-29-12-10-24(14-26(29)32)34-28-15-25(11-13-30(28)39-21(3)4)33-27-16-31(37)35(18-23(27)19-36)17-22-8-6-5-7-9-22;1-3-4-5(2)6;1-3-4-2/h5-16,18-21,33-34H,17H2,1-4H3;3-4H,1H2,2H3;3H2,1-2H3/b;5-4+;. The van der Waals surface area contributed by atoms with Crippen molar-refractivity contribution in [2.75, 3.05) is 24.4 Å². The van der Waals surface area contributed by atoms with Crippen LogP contribution in [0.1, 0.15) is 57.5 Å². The molecule has 0 amide bonds. The summed E-state index contributed by atoms with van der Waals surface area (Å²) in [6.45, 7) is 16.2. The Kier molecular flexibility index (Phi) is 17.8. The van der Waals surface area contributed by atoms with Crippen LogP contribution in [0.25, 0.3) is 0 Å². The molecule has 0 fully saturated rings. The zero-order chi connectivity index (χ0) is 36.3. The summed E-state index contributed by atoms with van der Waals surface area (Å²) in [6, 6.07) is 22.1. The second-order valence-electron chi connectivity index (χ2n) is 11.2. The summed E-state index contributed by atoms with van der Waals surface area (Å²) in [4.78, 5) is 24.8. The molecule has 0 saturated heterocycles. The Hall–Kier alpha value is -4.50. The summed E-state index contributed by atoms with van der Waals surface area (Å²) in [5, 5.41) is 7.83. The number of hydrogen-bond acceptors (Lipinski definition) is 7. The van der Waals surface area contributed by atoms with Crippen molar-refractivity contribution in [3.05, 3.63) is 129 Å². The Morgan fingerprint density at radius 2 is 1.47 bits per heavy atom. The molecular weight excluding hydrogens is 661 g/mol. The van der Waals surface area contributed by atoms with E-state index in [4.69, 9.17) is 32.7 Å². The second kappa shape index (κ2) is 21.5. The number of methoxy groups -OCH3 is 1. The Bertz CT molecular complexity index is 1710. The van der Waals surface area contributed by atoms with Gasteiger partial charge in [0.15, 0.2) is 6.29 Å². The molecule has 4 aromatic rings. The number of anilines is 4. The smallest absolute Gasteiger partial charge is 0.252 e. The van der Waals surface area contributed by atoms with Gasteiger partial charge in [0.05, 0.1) is 40.7 Å². The number of halogens is 2. The predicted molar refractivity (Wildman–Crippen MR) is 205 cm³/mol. The minimum Gasteiger partial charge on any atom is -0.489 e. The van der Waals surface area contributed by atoms with Gasteiger partial charge in [-0.2, -0.15) is 0 Å². The molecule has 10 heteroatoms. The number of aromatic nitrogens is 1. The molecule has 0 spiro atoms. The zero-order valence-corrected chi connectivity index (χ0v) is 30.8. The number of allylic oxidation sites excluding steroid dienone is 3. The third kappa shape index (κ3) is 14.7. The van der Waals surface area contributed by atoms with E-state index in [1.807, 2.05) is 102 Å². The Morgan fingerprint density at radius 1 is 0.898 bits per heavy atom. The van der Waals surface area contributed by atoms with Gasteiger partial charge in [0, 0.05) is 42.4 Å². The molecule has 0 aliphatic heterocycles. The monoisotopic (exact) mass is 707 g/mol. The summed E-state index contributed by atoms with van der Waals surface area (Å²) in [5.74, 6) is 1.25. The van der Waals surface area contributed by atoms with E-state index in [0.29, 0.717) is 45.7 Å². The number of ether oxygens (including phenoxy) is 3. The second-order valence-corrected chi connectivity index (χ2v) is 12.2. The predicted octanol–water partition coefficient (Wildman–Crippen LogP) is 10.4. The maximum atomic E-state index is 12.9. The summed E-state index contributed by atoms with van der Waals surface area (Å²) in [5.41, 5.74) is 3.64. The first-order valence-electron chi connectivity index (χ1n) is 15.9. The number of carbonyl (C=O) groups is 1. The molecule has 0 radical (unpaired) electrons. The summed E-state index contributed by atoms with van der Waals surface area (Å²) in [7, 11) is 1.68. The molecule has 0 aliphatic carbocycles. The van der Waals surface area contributed by atoms with Crippen LogP contribution in [-0.2, 0) is 11.3 Å². The van der Waals surface area contributed by atoms with Crippen molar-refractivity contribution in [1.82, 2.24) is 4.57 Å². The SMILES string of the molecule is C=C/C=C(\C)Cl.CC(C)Oc1ccc(Nc2cc(Nc3cc(=O)n(Cc4ccccc4)cc3C=O)ccc2OC(C)C)cc1Cl.CCOC. The van der Waals surface area contributed by atoms with Crippen molar-refractivity contribution in [1.29, 1.82) is 0 Å². The molecule has 4 rings (SSSR count). The van der Waals surface area contributed by atoms with E-state index in [-0.39, 0.29) is 17.8 Å². The molecule has 1 heterocycles. The van der Waals surface area contributed by atoms with Crippen LogP contribution in [0.2, 0.25) is 5.02 Å². The first-order valence-corrected chi connectivity index (χ1v) is 16.6. The molecular formula is C39H47Cl2N3O5. The van der Waals surface area contributed by atoms with Gasteiger partial charge in [0.2, 0.25) is 0 Å². The highest BCUT2D eigenvalue weighted by Gasteiger charge is 2.13. The molecule has 8 nitrogen and oxygen atoms in total. The van der Waals surface area contributed by atoms with Gasteiger partial charge in [0.1, 0.15) is 11.5 Å². The molecule has 49 heavy (non-hydrogen) atoms. The molecule has 262 valence electrons. The first kappa shape index (κ1) is 40.7. The lowest BCUT2D eigenvalue weighted by Crippen LogP contribution is -2.21. The lowest BCUT2D eigenvalue weighted by Gasteiger charge is -2.19. The third-order valence-electron chi connectivity index (χ3n) is 6.31. The molecule has 1 aromatic heterocycles. The van der Waals surface area contributed by atoms with Crippen LogP contribution < -0.4 is 25.7 Å². The molecule has 2 N–H and O–H groups in total. The van der Waals surface area contributed by atoms with E-state index < -0.39 is 0 Å². The number of pyridine rings is 1. The largest absolute Gasteiger partial charge is 0.489 e. The molecule has 0 saturated carbocycles. The van der Waals surface area contributed by atoms with E-state index in [9.17, 15) is 9.59 Å². The number of nitrogens with zero attached hydrogens (tertiary/aromatic N) is 1. The van der Waals surface area contributed by atoms with Gasteiger partial charge in [-0.3, -0.25) is 9.59 Å². The van der Waals surface area contributed by atoms with Gasteiger partial charge < -0.3 is 29.4 Å². The highest BCUT2D eigenvalue weighted by atomic mass is 35.5. The minimum atomic E-state index is -0.219. The van der Waals surface area contributed by atoms with Gasteiger partial charge >= 0.3 is 0 Å². The quantitative estimate of drug-likeness (QED) is 0.106. The van der Waals surface area contributed by atoms with Crippen LogP contribution in [0.3, 0.4) is 0 Å². The van der Waals surface area contributed by atoms with E-state index >= 15 is 0 Å². The van der Waals surface area contributed by atoms with E-state index in [2.05, 4.69) is 21.9 Å². The molecule has 0 atom stereocenters. The fourth-order valence-corrected chi connectivity index (χ4v) is 4.47. The average Bonchev–Trinajstić information content (AvgIpc) is 3.05. The number of hydrogen-bond donors (Lipinski definition) is 2. The van der Waals surface area contributed by atoms with Crippen molar-refractivity contribution in [2.45, 2.75) is 60.3 Å². The van der Waals surface area contributed by atoms with Crippen molar-refractivity contribution in [3.8, 4) is 11.5 Å². The van der Waals surface area contributed by atoms with E-state index in [0.717, 1.165) is 29.2 Å². The number of rotatable bonds is 13. The first-order chi connectivity index (χ1) is 23.4. The van der Waals surface area contributed by atoms with E-state index in [1.165, 1.54) is 10.6 Å². The topological polar surface area (TPSA) is 90.8 Å². The average molecular weight is 709 g/mol. The summed E-state index contributed by atoms with van der Waals surface area (Å²) < 4.78 is 17.8. The van der Waals surface area contributed by atoms with Crippen LogP contribution in [0.15, 0.2) is 108 Å². The van der Waals surface area contributed by atoms with Crippen molar-refractivity contribution >= 4 is 52.2 Å². The number of nitrogens with one attached hydrogen (secondary N) is 2. The number of benzene rings is 3. The minimum absolute atomic E-state index is 0.00630. The third-order valence-corrected chi connectivity index (χ3v) is 6.73. The maximum absolute atomic E-state index is 12.9. The fourth-order valence-electron chi connectivity index (χ4n) is 4.16. The van der Waals surface area contributed by atoms with Crippen molar-refractivity contribution < 1.29 is 19.0 Å².